The lowest BCUT2D eigenvalue weighted by atomic mass is 9.88. The number of aromatic nitrogens is 3. The molecule has 4 aromatic carbocycles. The molecule has 3 heterocycles. The molecule has 8 rings (SSSR count). The van der Waals surface area contributed by atoms with E-state index in [0.29, 0.717) is 114 Å². The first-order valence-electron chi connectivity index (χ1n) is 30.6. The number of hydrogen-bond donors (Lipinski definition) is 4. The number of benzene rings is 4. The summed E-state index contributed by atoms with van der Waals surface area (Å²) in [7, 11) is 8.56. The van der Waals surface area contributed by atoms with Gasteiger partial charge in [-0.3, -0.25) is 38.1 Å². The third-order valence-corrected chi connectivity index (χ3v) is 16.6. The highest BCUT2D eigenvalue weighted by Gasteiger charge is 2.24. The van der Waals surface area contributed by atoms with E-state index in [0.717, 1.165) is 83.9 Å². The van der Waals surface area contributed by atoms with Crippen LogP contribution in [0.25, 0.3) is 22.2 Å². The molecule has 0 bridgehead atoms. The predicted molar refractivity (Wildman–Crippen MR) is 361 cm³/mol. The second kappa shape index (κ2) is 34.1. The number of ketones is 3. The lowest BCUT2D eigenvalue weighted by Crippen LogP contribution is -2.48. The Morgan fingerprint density at radius 3 is 2.15 bits per heavy atom. The van der Waals surface area contributed by atoms with Crippen molar-refractivity contribution in [3.63, 3.8) is 0 Å². The highest BCUT2D eigenvalue weighted by Crippen LogP contribution is 2.40. The summed E-state index contributed by atoms with van der Waals surface area (Å²) < 4.78 is 36.5. The van der Waals surface area contributed by atoms with Crippen LogP contribution in [-0.2, 0) is 28.5 Å². The van der Waals surface area contributed by atoms with E-state index in [9.17, 15) is 24.0 Å². The van der Waals surface area contributed by atoms with Crippen LogP contribution in [0, 0.1) is 5.41 Å². The zero-order valence-corrected chi connectivity index (χ0v) is 55.0. The van der Waals surface area contributed by atoms with Gasteiger partial charge in [0.15, 0.2) is 28.8 Å². The van der Waals surface area contributed by atoms with Crippen molar-refractivity contribution in [2.45, 2.75) is 96.9 Å². The fourth-order valence-corrected chi connectivity index (χ4v) is 11.7. The number of Topliss-reactive ketones (excluding diaryl/α,β-unsaturated/α-hetero) is 3. The number of carbonyl (C=O) groups is 4. The summed E-state index contributed by atoms with van der Waals surface area (Å²) in [6, 6.07) is 22.7. The largest absolute Gasteiger partial charge is 0.493 e. The second-order valence-electron chi connectivity index (χ2n) is 23.1. The molecule has 6 aromatic rings. The Balaban J connectivity index is 0.00000658. The molecule has 91 heavy (non-hydrogen) atoms. The van der Waals surface area contributed by atoms with Crippen molar-refractivity contribution in [3.8, 4) is 45.6 Å². The first-order chi connectivity index (χ1) is 42.8. The number of unbranched alkanes of at least 4 members (excludes halogenated alkanes) is 1. The number of methoxy groups -OCH3 is 2. The molecule has 0 unspecified atom stereocenters. The molecule has 0 atom stereocenters. The number of piperazine rings is 1. The zero-order valence-electron chi connectivity index (χ0n) is 54.1. The molecule has 0 saturated carbocycles. The van der Waals surface area contributed by atoms with Gasteiger partial charge in [0.25, 0.3) is 0 Å². The van der Waals surface area contributed by atoms with Gasteiger partial charge in [-0.15, -0.1) is 0 Å². The fraction of sp³-hybridized carbons (Fsp3) is 0.426. The Hall–Kier alpha value is -8.48. The molecule has 1 fully saturated rings. The number of aryl methyl sites for hydroxylation is 2. The SMILES string of the molecule is CCCOc1cc(OCCCCN(C)CC(=O)CCC(=O)NCCN2CCN(c3ccc(-c4cc(NC(C)C)c(C=N)c(C(=O)CCC5=C(C)C=C(C)CC5=O)c4)cn3)CC2)cc(Oc2cc3c(cc2NSc2ccc(OC)c(OC)c2)n(C)c(=O)n3C)c1.O.O. The number of nitrogens with one attached hydrogen (secondary N) is 4. The molecule has 2 aliphatic rings. The highest BCUT2D eigenvalue weighted by molar-refractivity contribution is 8.00. The first-order valence-corrected chi connectivity index (χ1v) is 31.4. The Morgan fingerprint density at radius 2 is 1.49 bits per heavy atom. The molecule has 1 aliphatic carbocycles. The number of allylic oxidation sites excluding steroid dienone is 4. The van der Waals surface area contributed by atoms with Crippen molar-refractivity contribution in [1.82, 2.24) is 29.2 Å². The van der Waals surface area contributed by atoms with Crippen LogP contribution < -0.4 is 49.6 Å². The van der Waals surface area contributed by atoms with E-state index in [1.807, 2.05) is 132 Å². The zero-order chi connectivity index (χ0) is 63.7. The van der Waals surface area contributed by atoms with E-state index in [2.05, 4.69) is 25.2 Å². The van der Waals surface area contributed by atoms with Crippen molar-refractivity contribution in [3.05, 3.63) is 123 Å². The Bertz CT molecular complexity index is 3650. The van der Waals surface area contributed by atoms with Crippen LogP contribution in [0.15, 0.2) is 111 Å². The Labute approximate surface area is 537 Å². The number of anilines is 3. The molecule has 0 radical (unpaired) electrons. The molecule has 22 nitrogen and oxygen atoms in total. The van der Waals surface area contributed by atoms with Gasteiger partial charge in [0.2, 0.25) is 5.91 Å². The highest BCUT2D eigenvalue weighted by atomic mass is 32.2. The molecule has 1 aliphatic heterocycles. The van der Waals surface area contributed by atoms with Crippen molar-refractivity contribution in [2.75, 3.05) is 102 Å². The summed E-state index contributed by atoms with van der Waals surface area (Å²) in [4.78, 5) is 77.8. The van der Waals surface area contributed by atoms with E-state index >= 15 is 0 Å². The van der Waals surface area contributed by atoms with Gasteiger partial charge in [0.05, 0.1) is 50.7 Å². The fourth-order valence-electron chi connectivity index (χ4n) is 11.0. The minimum atomic E-state index is -0.161. The lowest BCUT2D eigenvalue weighted by Gasteiger charge is -2.35. The number of imidazole rings is 1. The van der Waals surface area contributed by atoms with Crippen molar-refractivity contribution in [1.29, 1.82) is 5.41 Å². The number of pyridine rings is 1. The minimum absolute atomic E-state index is 0. The molecule has 1 saturated heterocycles. The van der Waals surface area contributed by atoms with Crippen molar-refractivity contribution >= 4 is 69.6 Å². The summed E-state index contributed by atoms with van der Waals surface area (Å²) in [5, 5.41) is 14.7. The van der Waals surface area contributed by atoms with Gasteiger partial charge in [-0.1, -0.05) is 18.6 Å². The number of carbonyl (C=O) groups excluding carboxylic acids is 4. The van der Waals surface area contributed by atoms with Gasteiger partial charge in [0, 0.05) is 149 Å². The minimum Gasteiger partial charge on any atom is -0.493 e. The van der Waals surface area contributed by atoms with E-state index in [-0.39, 0.29) is 71.7 Å². The van der Waals surface area contributed by atoms with Crippen LogP contribution in [0.1, 0.15) is 102 Å². The van der Waals surface area contributed by atoms with E-state index < -0.39 is 0 Å². The van der Waals surface area contributed by atoms with Gasteiger partial charge in [-0.05, 0) is 144 Å². The van der Waals surface area contributed by atoms with Crippen LogP contribution >= 0.6 is 11.9 Å². The summed E-state index contributed by atoms with van der Waals surface area (Å²) in [5.41, 5.74) is 7.86. The van der Waals surface area contributed by atoms with Gasteiger partial charge in [-0.2, -0.15) is 0 Å². The average molecular weight is 1270 g/mol. The number of fused-ring (bicyclic) bond motifs is 1. The van der Waals surface area contributed by atoms with Gasteiger partial charge in [-0.25, -0.2) is 9.78 Å². The first kappa shape index (κ1) is 71.6. The number of rotatable bonds is 33. The maximum Gasteiger partial charge on any atom is 0.328 e. The normalized spacial score (nSPS) is 13.3. The number of likely N-dealkylation sites (N-methyl/N-ethyl adjacent to an activating group) is 1. The number of ether oxygens (including phenoxy) is 5. The van der Waals surface area contributed by atoms with Crippen LogP contribution in [0.4, 0.5) is 17.2 Å². The lowest BCUT2D eigenvalue weighted by molar-refractivity contribution is -0.125. The molecule has 0 spiro atoms. The molecule has 2 aromatic heterocycles. The third kappa shape index (κ3) is 19.3. The van der Waals surface area contributed by atoms with Gasteiger partial charge < -0.3 is 60.3 Å². The number of hydrogen-bond acceptors (Lipinski definition) is 18. The standard InChI is InChI=1S/C68H86N10O10S.2H2O/c1-11-29-86-50-35-51(37-52(36-50)88-64-40-60-59(75(7)68(83)76(60)8)39-58(64)73-89-53-16-19-63(84-9)65(38-53)85-10)87-30-13-12-23-74(6)43-49(79)15-21-67(82)70-22-24-77-25-27-78(28-26-77)66-20-14-47(42-71-66)48-33-55(56(41-69)57(34-48)72-44(2)3)61(80)18-17-54-46(5)31-45(4)32-62(54)81;;/h14,16,19-20,31,33-42,44,69,72-73H,11-13,15,17-18,21-30,32,43H2,1-10H3,(H,70,82);2*1H2. The summed E-state index contributed by atoms with van der Waals surface area (Å²) in [6.07, 6.45) is 8.60. The number of nitrogens with zero attached hydrogens (tertiary/aromatic N) is 6. The quantitative estimate of drug-likeness (QED) is 0.0129. The van der Waals surface area contributed by atoms with E-state index in [1.54, 1.807) is 37.4 Å². The molecule has 490 valence electrons. The Morgan fingerprint density at radius 1 is 0.791 bits per heavy atom. The van der Waals surface area contributed by atoms with Crippen molar-refractivity contribution < 1.29 is 53.8 Å². The van der Waals surface area contributed by atoms with Gasteiger partial charge in [0.1, 0.15) is 28.8 Å². The topological polar surface area (TPSA) is 287 Å². The third-order valence-electron chi connectivity index (χ3n) is 15.8. The monoisotopic (exact) mass is 1270 g/mol. The predicted octanol–water partition coefficient (Wildman–Crippen LogP) is 9.40. The van der Waals surface area contributed by atoms with Crippen LogP contribution in [-0.4, -0.2) is 157 Å². The van der Waals surface area contributed by atoms with E-state index in [1.165, 1.54) is 18.2 Å². The average Bonchev–Trinajstić information content (AvgIpc) is 1.69. The molecule has 23 heteroatoms. The second-order valence-corrected chi connectivity index (χ2v) is 23.9. The maximum atomic E-state index is 13.9. The number of amides is 1. The summed E-state index contributed by atoms with van der Waals surface area (Å²) in [5.74, 6) is 4.02. The summed E-state index contributed by atoms with van der Waals surface area (Å²) >= 11 is 1.36. The van der Waals surface area contributed by atoms with Crippen molar-refractivity contribution in [2.24, 2.45) is 14.1 Å². The van der Waals surface area contributed by atoms with Crippen LogP contribution in [0.5, 0.6) is 34.5 Å². The van der Waals surface area contributed by atoms with Gasteiger partial charge >= 0.3 is 5.69 Å². The smallest absolute Gasteiger partial charge is 0.328 e. The molecule has 8 N–H and O–H groups in total. The summed E-state index contributed by atoms with van der Waals surface area (Å²) in [6.45, 7) is 16.1. The molecular weight excluding hydrogens is 1180 g/mol. The molecule has 1 amide bonds. The van der Waals surface area contributed by atoms with E-state index in [4.69, 9.17) is 34.1 Å². The maximum absolute atomic E-state index is 13.9. The Kier molecular flexibility index (Phi) is 26.8. The van der Waals surface area contributed by atoms with Crippen LogP contribution in [0.3, 0.4) is 0 Å². The van der Waals surface area contributed by atoms with Crippen LogP contribution in [0.2, 0.25) is 0 Å². The molecular formula is C68H90N10O12S.